The maximum atomic E-state index is 10.3. The molecular formula is C4H6Cl2F2. The van der Waals surface area contributed by atoms with Gasteiger partial charge in [-0.05, 0) is 0 Å². The molecule has 0 aromatic rings. The maximum Gasteiger partial charge on any atom is 0.118 e. The summed E-state index contributed by atoms with van der Waals surface area (Å²) >= 11 is 9.75. The zero-order chi connectivity index (χ0) is 6.83. The fourth-order valence-electron chi connectivity index (χ4n) is 0. The first kappa shape index (κ1) is 11.0. The van der Waals surface area contributed by atoms with Gasteiger partial charge in [0.2, 0.25) is 0 Å². The summed E-state index contributed by atoms with van der Waals surface area (Å²) in [5.74, 6) is 0. The van der Waals surface area contributed by atoms with Crippen LogP contribution in [0.2, 0.25) is 0 Å². The van der Waals surface area contributed by atoms with E-state index in [4.69, 9.17) is 23.2 Å². The normalized spacial score (nSPS) is 8.50. The third kappa shape index (κ3) is 34.9. The molecular weight excluding hydrogens is 157 g/mol. The minimum atomic E-state index is -0.847. The van der Waals surface area contributed by atoms with Gasteiger partial charge in [-0.15, -0.1) is 0 Å². The molecule has 0 aromatic carbocycles. The molecule has 0 N–H and O–H groups in total. The van der Waals surface area contributed by atoms with E-state index in [0.717, 1.165) is 0 Å². The van der Waals surface area contributed by atoms with Crippen molar-refractivity contribution in [3.63, 3.8) is 0 Å². The topological polar surface area (TPSA) is 0 Å². The standard InChI is InChI=1S/C2H2Cl2.C2H4F2/c2*3-1-2-4/h1-2H;1-2H2. The van der Waals surface area contributed by atoms with Gasteiger partial charge in [-0.25, -0.2) is 8.78 Å². The van der Waals surface area contributed by atoms with E-state index >= 15 is 0 Å². The highest BCUT2D eigenvalue weighted by atomic mass is 35.5. The molecule has 0 rings (SSSR count). The summed E-state index contributed by atoms with van der Waals surface area (Å²) < 4.78 is 20.7. The van der Waals surface area contributed by atoms with Crippen molar-refractivity contribution in [2.24, 2.45) is 0 Å². The van der Waals surface area contributed by atoms with Gasteiger partial charge in [0.1, 0.15) is 13.3 Å². The van der Waals surface area contributed by atoms with Crippen molar-refractivity contribution in [3.05, 3.63) is 11.1 Å². The lowest BCUT2D eigenvalue weighted by Gasteiger charge is -1.61. The van der Waals surface area contributed by atoms with Crippen LogP contribution < -0.4 is 0 Å². The Kier molecular flexibility index (Phi) is 21.7. The molecule has 4 heteroatoms. The summed E-state index contributed by atoms with van der Waals surface area (Å²) in [5.41, 5.74) is 2.48. The predicted octanol–water partition coefficient (Wildman–Crippen LogP) is 2.86. The van der Waals surface area contributed by atoms with Gasteiger partial charge in [-0.2, -0.15) is 0 Å². The molecule has 0 radical (unpaired) electrons. The highest BCUT2D eigenvalue weighted by Gasteiger charge is 1.65. The van der Waals surface area contributed by atoms with E-state index in [0.29, 0.717) is 0 Å². The Morgan fingerprint density at radius 2 is 1.25 bits per heavy atom. The molecule has 0 heterocycles. The quantitative estimate of drug-likeness (QED) is 0.557. The van der Waals surface area contributed by atoms with Crippen molar-refractivity contribution < 1.29 is 8.78 Å². The van der Waals surface area contributed by atoms with E-state index < -0.39 is 13.3 Å². The summed E-state index contributed by atoms with van der Waals surface area (Å²) in [7, 11) is 0. The van der Waals surface area contributed by atoms with Crippen LogP contribution in [0.4, 0.5) is 8.78 Å². The lowest BCUT2D eigenvalue weighted by Crippen LogP contribution is -1.68. The Hall–Kier alpha value is 0.180. The summed E-state index contributed by atoms with van der Waals surface area (Å²) in [6.07, 6.45) is 0. The SMILES string of the molecule is ClC=CCl.FCCF. The van der Waals surface area contributed by atoms with Gasteiger partial charge in [-0.1, -0.05) is 23.2 Å². The second-order valence-corrected chi connectivity index (χ2v) is 1.13. The highest BCUT2D eigenvalue weighted by Crippen LogP contribution is 1.78. The van der Waals surface area contributed by atoms with Gasteiger partial charge >= 0.3 is 0 Å². The fraction of sp³-hybridized carbons (Fsp3) is 0.500. The van der Waals surface area contributed by atoms with Crippen LogP contribution in [0, 0.1) is 0 Å². The van der Waals surface area contributed by atoms with Crippen LogP contribution in [-0.2, 0) is 0 Å². The van der Waals surface area contributed by atoms with E-state index in [9.17, 15) is 8.78 Å². The Morgan fingerprint density at radius 1 is 1.00 bits per heavy atom. The molecule has 0 saturated carbocycles. The molecule has 0 aliphatic heterocycles. The minimum Gasteiger partial charge on any atom is -0.248 e. The predicted molar refractivity (Wildman–Crippen MR) is 32.8 cm³/mol. The second-order valence-electron chi connectivity index (χ2n) is 0.630. The molecule has 0 nitrogen and oxygen atoms in total. The van der Waals surface area contributed by atoms with Gasteiger partial charge in [0.25, 0.3) is 0 Å². The highest BCUT2D eigenvalue weighted by molar-refractivity contribution is 6.33. The second kappa shape index (κ2) is 15.7. The average molecular weight is 163 g/mol. The van der Waals surface area contributed by atoms with Crippen LogP contribution in [0.15, 0.2) is 11.1 Å². The first-order chi connectivity index (χ1) is 3.83. The molecule has 8 heavy (non-hydrogen) atoms. The van der Waals surface area contributed by atoms with Crippen LogP contribution in [0.5, 0.6) is 0 Å². The van der Waals surface area contributed by atoms with Gasteiger partial charge < -0.3 is 0 Å². The van der Waals surface area contributed by atoms with Gasteiger partial charge in [-0.3, -0.25) is 0 Å². The van der Waals surface area contributed by atoms with Crippen molar-refractivity contribution >= 4 is 23.2 Å². The van der Waals surface area contributed by atoms with Gasteiger partial charge in [0.15, 0.2) is 0 Å². The van der Waals surface area contributed by atoms with Crippen molar-refractivity contribution in [1.82, 2.24) is 0 Å². The Labute approximate surface area is 57.1 Å². The molecule has 50 valence electrons. The largest absolute Gasteiger partial charge is 0.248 e. The number of rotatable bonds is 1. The fourth-order valence-corrected chi connectivity index (χ4v) is 0. The van der Waals surface area contributed by atoms with Crippen LogP contribution in [0.3, 0.4) is 0 Å². The van der Waals surface area contributed by atoms with Crippen molar-refractivity contribution in [1.29, 1.82) is 0 Å². The Balaban J connectivity index is 0. The molecule has 0 spiro atoms. The molecule has 0 bridgehead atoms. The average Bonchev–Trinajstić information content (AvgIpc) is 1.88. The molecule has 0 aliphatic carbocycles. The third-order valence-corrected chi connectivity index (χ3v) is 0.500. The smallest absolute Gasteiger partial charge is 0.118 e. The zero-order valence-corrected chi connectivity index (χ0v) is 5.59. The molecule has 0 unspecified atom stereocenters. The molecule has 0 aromatic heterocycles. The van der Waals surface area contributed by atoms with Crippen molar-refractivity contribution in [3.8, 4) is 0 Å². The lowest BCUT2D eigenvalue weighted by atomic mass is 10.9. The summed E-state index contributed by atoms with van der Waals surface area (Å²) in [6, 6.07) is 0. The van der Waals surface area contributed by atoms with E-state index in [1.165, 1.54) is 11.1 Å². The van der Waals surface area contributed by atoms with E-state index in [1.54, 1.807) is 0 Å². The lowest BCUT2D eigenvalue weighted by molar-refractivity contribution is 0.380. The first-order valence-corrected chi connectivity index (χ1v) is 2.68. The third-order valence-electron chi connectivity index (χ3n) is 0.119. The first-order valence-electron chi connectivity index (χ1n) is 1.80. The van der Waals surface area contributed by atoms with Gasteiger partial charge in [0, 0.05) is 11.1 Å². The van der Waals surface area contributed by atoms with Crippen LogP contribution in [0.1, 0.15) is 0 Å². The van der Waals surface area contributed by atoms with Crippen molar-refractivity contribution in [2.75, 3.05) is 13.3 Å². The Bertz CT molecular complexity index is 41.3. The zero-order valence-electron chi connectivity index (χ0n) is 4.08. The maximum absolute atomic E-state index is 10.3. The Morgan fingerprint density at radius 3 is 1.25 bits per heavy atom. The van der Waals surface area contributed by atoms with Crippen LogP contribution in [-0.4, -0.2) is 13.3 Å². The van der Waals surface area contributed by atoms with Crippen LogP contribution >= 0.6 is 23.2 Å². The summed E-state index contributed by atoms with van der Waals surface area (Å²) in [4.78, 5) is 0. The number of hydrogen-bond acceptors (Lipinski definition) is 0. The molecule has 0 fully saturated rings. The number of alkyl halides is 2. The van der Waals surface area contributed by atoms with E-state index in [1.807, 2.05) is 0 Å². The van der Waals surface area contributed by atoms with Crippen molar-refractivity contribution in [2.45, 2.75) is 0 Å². The van der Waals surface area contributed by atoms with E-state index in [2.05, 4.69) is 0 Å². The molecule has 0 aliphatic rings. The van der Waals surface area contributed by atoms with E-state index in [-0.39, 0.29) is 0 Å². The minimum absolute atomic E-state index is 0.847. The number of halogens is 4. The van der Waals surface area contributed by atoms with Crippen LogP contribution in [0.25, 0.3) is 0 Å². The molecule has 0 atom stereocenters. The number of hydrogen-bond donors (Lipinski definition) is 0. The molecule has 0 saturated heterocycles. The summed E-state index contributed by atoms with van der Waals surface area (Å²) in [6.45, 7) is -1.69. The molecule has 0 amide bonds. The van der Waals surface area contributed by atoms with Gasteiger partial charge in [0.05, 0.1) is 0 Å². The monoisotopic (exact) mass is 162 g/mol. The summed E-state index contributed by atoms with van der Waals surface area (Å²) in [5, 5.41) is 0.